The molecule has 0 N–H and O–H groups in total. The zero-order chi connectivity index (χ0) is 8.36. The lowest BCUT2D eigenvalue weighted by Gasteiger charge is -1.89. The van der Waals surface area contributed by atoms with Crippen molar-refractivity contribution in [3.05, 3.63) is 24.3 Å². The minimum absolute atomic E-state index is 1.01. The summed E-state index contributed by atoms with van der Waals surface area (Å²) < 4.78 is 0. The summed E-state index contributed by atoms with van der Waals surface area (Å²) in [4.78, 5) is 0. The molecule has 0 aromatic heterocycles. The minimum Gasteiger partial charge on any atom is -0.0845 e. The number of unbranched alkanes of at least 4 members (excludes halogenated alkanes) is 3. The summed E-state index contributed by atoms with van der Waals surface area (Å²) in [6, 6.07) is 0. The van der Waals surface area contributed by atoms with Crippen molar-refractivity contribution in [3.8, 4) is 0 Å². The van der Waals surface area contributed by atoms with Gasteiger partial charge in [-0.2, -0.15) is 0 Å². The molecule has 0 unspecified atom stereocenters. The zero-order valence-corrected chi connectivity index (χ0v) is 7.77. The van der Waals surface area contributed by atoms with Crippen molar-refractivity contribution in [3.63, 3.8) is 0 Å². The van der Waals surface area contributed by atoms with Crippen molar-refractivity contribution >= 4 is 0 Å². The van der Waals surface area contributed by atoms with E-state index in [-0.39, 0.29) is 0 Å². The van der Waals surface area contributed by atoms with E-state index in [0.717, 1.165) is 6.42 Å². The second-order valence-corrected chi connectivity index (χ2v) is 2.65. The maximum atomic E-state index is 3.13. The Hall–Kier alpha value is -0.520. The largest absolute Gasteiger partial charge is 0.0845 e. The van der Waals surface area contributed by atoms with Gasteiger partial charge in [-0.1, -0.05) is 44.9 Å². The lowest BCUT2D eigenvalue weighted by Crippen LogP contribution is -1.69. The molecule has 0 aromatic rings. The molecule has 0 aliphatic heterocycles. The molecule has 0 saturated carbocycles. The number of hydrogen-bond donors (Lipinski definition) is 0. The average Bonchev–Trinajstić information content (AvgIpc) is 2.03. The van der Waals surface area contributed by atoms with Crippen molar-refractivity contribution in [2.45, 2.75) is 46.0 Å². The Morgan fingerprint density at radius 1 is 1.18 bits per heavy atom. The van der Waals surface area contributed by atoms with Crippen LogP contribution in [-0.4, -0.2) is 0 Å². The van der Waals surface area contributed by atoms with E-state index >= 15 is 0 Å². The van der Waals surface area contributed by atoms with Crippen molar-refractivity contribution in [1.29, 1.82) is 0 Å². The Balaban J connectivity index is 3.09. The molecular weight excluding hydrogens is 132 g/mol. The van der Waals surface area contributed by atoms with Gasteiger partial charge in [-0.15, -0.1) is 0 Å². The van der Waals surface area contributed by atoms with E-state index in [1.165, 1.54) is 25.7 Å². The average molecular weight is 151 g/mol. The van der Waals surface area contributed by atoms with Gasteiger partial charge in [0.2, 0.25) is 0 Å². The van der Waals surface area contributed by atoms with E-state index in [2.05, 4.69) is 32.1 Å². The van der Waals surface area contributed by atoms with E-state index in [0.29, 0.717) is 0 Å². The molecule has 0 bridgehead atoms. The van der Waals surface area contributed by atoms with Crippen LogP contribution in [0, 0.1) is 6.08 Å². The van der Waals surface area contributed by atoms with Crippen molar-refractivity contribution in [2.24, 2.45) is 0 Å². The third-order valence-electron chi connectivity index (χ3n) is 1.53. The Labute approximate surface area is 71.0 Å². The fraction of sp³-hybridized carbons (Fsp3) is 0.636. The van der Waals surface area contributed by atoms with Crippen LogP contribution in [0.2, 0.25) is 0 Å². The summed E-state index contributed by atoms with van der Waals surface area (Å²) in [7, 11) is 0. The Morgan fingerprint density at radius 3 is 2.64 bits per heavy atom. The van der Waals surface area contributed by atoms with Crippen LogP contribution in [-0.2, 0) is 0 Å². The van der Waals surface area contributed by atoms with Gasteiger partial charge >= 0.3 is 0 Å². The van der Waals surface area contributed by atoms with Gasteiger partial charge in [0.05, 0.1) is 0 Å². The minimum atomic E-state index is 1.01. The zero-order valence-electron chi connectivity index (χ0n) is 7.77. The van der Waals surface area contributed by atoms with Gasteiger partial charge in [-0.25, -0.2) is 0 Å². The van der Waals surface area contributed by atoms with Gasteiger partial charge in [0.25, 0.3) is 0 Å². The highest BCUT2D eigenvalue weighted by atomic mass is 13.9. The molecule has 1 radical (unpaired) electrons. The molecule has 0 fully saturated rings. The summed E-state index contributed by atoms with van der Waals surface area (Å²) >= 11 is 0. The molecular formula is C11H19. The van der Waals surface area contributed by atoms with E-state index in [9.17, 15) is 0 Å². The Bertz CT molecular complexity index is 109. The van der Waals surface area contributed by atoms with Crippen LogP contribution >= 0.6 is 0 Å². The summed E-state index contributed by atoms with van der Waals surface area (Å²) in [5.74, 6) is 0. The molecule has 0 aliphatic rings. The van der Waals surface area contributed by atoms with Crippen LogP contribution in [0.15, 0.2) is 18.2 Å². The highest BCUT2D eigenvalue weighted by molar-refractivity contribution is 4.98. The second kappa shape index (κ2) is 9.48. The molecule has 0 spiro atoms. The molecule has 0 heterocycles. The maximum absolute atomic E-state index is 3.13. The molecule has 11 heavy (non-hydrogen) atoms. The SMILES string of the molecule is CC/[C]=C/C=CCCCCC. The normalized spacial score (nSPS) is 11.8. The van der Waals surface area contributed by atoms with Gasteiger partial charge < -0.3 is 0 Å². The molecule has 0 nitrogen and oxygen atoms in total. The third kappa shape index (κ3) is 9.48. The van der Waals surface area contributed by atoms with Gasteiger partial charge in [0.1, 0.15) is 0 Å². The van der Waals surface area contributed by atoms with E-state index in [1.807, 2.05) is 6.08 Å². The molecule has 0 aromatic carbocycles. The number of rotatable bonds is 6. The predicted molar refractivity (Wildman–Crippen MR) is 51.4 cm³/mol. The van der Waals surface area contributed by atoms with Crippen molar-refractivity contribution in [2.75, 3.05) is 0 Å². The number of allylic oxidation sites excluding steroid dienone is 4. The van der Waals surface area contributed by atoms with Gasteiger partial charge in [-0.3, -0.25) is 0 Å². The smallest absolute Gasteiger partial charge is 0.0305 e. The topological polar surface area (TPSA) is 0 Å². The van der Waals surface area contributed by atoms with Gasteiger partial charge in [0, 0.05) is 0 Å². The summed E-state index contributed by atoms with van der Waals surface area (Å²) in [6.07, 6.45) is 15.7. The lowest BCUT2D eigenvalue weighted by atomic mass is 10.2. The second-order valence-electron chi connectivity index (χ2n) is 2.65. The first-order valence-electron chi connectivity index (χ1n) is 4.63. The molecule has 0 aliphatic carbocycles. The highest BCUT2D eigenvalue weighted by Gasteiger charge is 1.79. The lowest BCUT2D eigenvalue weighted by molar-refractivity contribution is 0.729. The summed E-state index contributed by atoms with van der Waals surface area (Å²) in [5, 5.41) is 0. The first kappa shape index (κ1) is 10.5. The standard InChI is InChI=1S/C11H19/c1-3-5-7-9-11-10-8-6-4-2/h8,10-11H,3-5,7,9H2,1-2H3. The van der Waals surface area contributed by atoms with E-state index < -0.39 is 0 Å². The molecule has 0 heteroatoms. The van der Waals surface area contributed by atoms with Gasteiger partial charge in [0.15, 0.2) is 0 Å². The first-order chi connectivity index (χ1) is 5.41. The maximum Gasteiger partial charge on any atom is -0.0305 e. The van der Waals surface area contributed by atoms with Crippen LogP contribution in [0.3, 0.4) is 0 Å². The predicted octanol–water partition coefficient (Wildman–Crippen LogP) is 3.89. The van der Waals surface area contributed by atoms with Crippen LogP contribution in [0.25, 0.3) is 0 Å². The van der Waals surface area contributed by atoms with Crippen LogP contribution < -0.4 is 0 Å². The van der Waals surface area contributed by atoms with Crippen molar-refractivity contribution in [1.82, 2.24) is 0 Å². The molecule has 0 atom stereocenters. The number of hydrogen-bond acceptors (Lipinski definition) is 0. The Kier molecular flexibility index (Phi) is 9.03. The monoisotopic (exact) mass is 151 g/mol. The quantitative estimate of drug-likeness (QED) is 0.399. The van der Waals surface area contributed by atoms with Crippen molar-refractivity contribution < 1.29 is 0 Å². The Morgan fingerprint density at radius 2 is 2.00 bits per heavy atom. The van der Waals surface area contributed by atoms with Crippen LogP contribution in [0.1, 0.15) is 46.0 Å². The van der Waals surface area contributed by atoms with Gasteiger partial charge in [-0.05, 0) is 25.3 Å². The first-order valence-corrected chi connectivity index (χ1v) is 4.63. The highest BCUT2D eigenvalue weighted by Crippen LogP contribution is 1.99. The fourth-order valence-electron chi connectivity index (χ4n) is 0.862. The fourth-order valence-corrected chi connectivity index (χ4v) is 0.862. The third-order valence-corrected chi connectivity index (χ3v) is 1.53. The molecule has 0 rings (SSSR count). The molecule has 63 valence electrons. The van der Waals surface area contributed by atoms with E-state index in [4.69, 9.17) is 0 Å². The van der Waals surface area contributed by atoms with Crippen LogP contribution in [0.4, 0.5) is 0 Å². The van der Waals surface area contributed by atoms with E-state index in [1.54, 1.807) is 0 Å². The summed E-state index contributed by atoms with van der Waals surface area (Å²) in [5.41, 5.74) is 0. The summed E-state index contributed by atoms with van der Waals surface area (Å²) in [6.45, 7) is 4.33. The molecule has 0 saturated heterocycles. The van der Waals surface area contributed by atoms with Crippen LogP contribution in [0.5, 0.6) is 0 Å². The molecule has 0 amide bonds.